The summed E-state index contributed by atoms with van der Waals surface area (Å²) in [5.41, 5.74) is 20.6. The largest absolute Gasteiger partial charge is 0.455 e. The van der Waals surface area contributed by atoms with E-state index in [4.69, 9.17) is 4.74 Å². The van der Waals surface area contributed by atoms with Crippen LogP contribution in [0, 0.1) is 5.92 Å². The maximum Gasteiger partial charge on any atom is 0.139 e. The van der Waals surface area contributed by atoms with Crippen LogP contribution in [0.4, 0.5) is 17.1 Å². The molecule has 16 rings (SSSR count). The second-order valence-electron chi connectivity index (χ2n) is 20.2. The molecule has 0 saturated carbocycles. The Morgan fingerprint density at radius 1 is 0.375 bits per heavy atom. The van der Waals surface area contributed by atoms with Gasteiger partial charge in [-0.3, -0.25) is 0 Å². The molecule has 11 aromatic carbocycles. The topological polar surface area (TPSA) is 12.5 Å². The van der Waals surface area contributed by atoms with Gasteiger partial charge in [0.15, 0.2) is 0 Å². The average molecular weight is 916 g/mol. The van der Waals surface area contributed by atoms with Crippen molar-refractivity contribution in [2.75, 3.05) is 4.90 Å². The zero-order valence-corrected chi connectivity index (χ0v) is 39.3. The van der Waals surface area contributed by atoms with E-state index in [0.29, 0.717) is 0 Å². The van der Waals surface area contributed by atoms with Crippen molar-refractivity contribution in [3.05, 3.63) is 305 Å². The van der Waals surface area contributed by atoms with Crippen LogP contribution in [0.15, 0.2) is 261 Å². The molecule has 0 N–H and O–H groups in total. The van der Waals surface area contributed by atoms with Crippen LogP contribution in [-0.4, -0.2) is 0 Å². The first-order valence-corrected chi connectivity index (χ1v) is 25.3. The van der Waals surface area contributed by atoms with Crippen molar-refractivity contribution in [2.24, 2.45) is 5.92 Å². The number of nitrogens with zero attached hydrogens (tertiary/aromatic N) is 1. The lowest BCUT2D eigenvalue weighted by molar-refractivity contribution is 0.380. The fourth-order valence-corrected chi connectivity index (χ4v) is 14.2. The predicted molar refractivity (Wildman–Crippen MR) is 295 cm³/mol. The van der Waals surface area contributed by atoms with Crippen molar-refractivity contribution in [3.8, 4) is 44.9 Å². The Labute approximate surface area is 419 Å². The van der Waals surface area contributed by atoms with Gasteiger partial charge in [-0.25, -0.2) is 0 Å². The SMILES string of the molecule is C1=CC2c3ccc(-c4ccc(N(c5ccccc5)c5cccc6c5-c5ccccc5C65c6ccccc6-c6ccccc65)cc4)cc3C3(c4ccc5ccccc5c4Oc4c3ccc3ccccc43)C2C=C1. The van der Waals surface area contributed by atoms with Gasteiger partial charge in [0.2, 0.25) is 0 Å². The van der Waals surface area contributed by atoms with Crippen LogP contribution >= 0.6 is 0 Å². The Kier molecular flexibility index (Phi) is 8.17. The summed E-state index contributed by atoms with van der Waals surface area (Å²) < 4.78 is 7.27. The molecule has 2 nitrogen and oxygen atoms in total. The van der Waals surface area contributed by atoms with Gasteiger partial charge in [0.05, 0.1) is 16.5 Å². The molecule has 2 heteroatoms. The standard InChI is InChI=1S/C70H45NO/c1-2-19-48(20-3-1)71(65-32-16-31-61-66(65)56-26-11-15-30-60(56)69(61)57-27-12-8-23-52(57)53-24-9-13-28-58(53)69)49-38-33-44(34-39-49)47-35-40-55-54-25-10-14-29-59(54)70(64(55)43-47)62-41-36-45-17-4-6-21-50(45)67(62)72-68-51-22-7-5-18-46(51)37-42-63(68)70/h1-43,54,59H. The maximum absolute atomic E-state index is 7.27. The van der Waals surface area contributed by atoms with Crippen molar-refractivity contribution in [1.29, 1.82) is 0 Å². The van der Waals surface area contributed by atoms with Crippen LogP contribution in [0.5, 0.6) is 11.5 Å². The van der Waals surface area contributed by atoms with Gasteiger partial charge in [-0.2, -0.15) is 0 Å². The lowest BCUT2D eigenvalue weighted by Crippen LogP contribution is -2.37. The van der Waals surface area contributed by atoms with Crippen molar-refractivity contribution < 1.29 is 4.74 Å². The predicted octanol–water partition coefficient (Wildman–Crippen LogP) is 17.8. The number of hydrogen-bond donors (Lipinski definition) is 0. The molecule has 0 bridgehead atoms. The van der Waals surface area contributed by atoms with E-state index in [9.17, 15) is 0 Å². The summed E-state index contributed by atoms with van der Waals surface area (Å²) in [6.45, 7) is 0. The minimum absolute atomic E-state index is 0.154. The highest BCUT2D eigenvalue weighted by Crippen LogP contribution is 2.67. The molecule has 0 radical (unpaired) electrons. The third-order valence-corrected chi connectivity index (χ3v) is 17.0. The lowest BCUT2D eigenvalue weighted by atomic mass is 9.61. The van der Waals surface area contributed by atoms with E-state index >= 15 is 0 Å². The van der Waals surface area contributed by atoms with Gasteiger partial charge in [-0.15, -0.1) is 0 Å². The normalized spacial score (nSPS) is 17.1. The van der Waals surface area contributed by atoms with Crippen molar-refractivity contribution >= 4 is 38.6 Å². The molecule has 2 spiro atoms. The van der Waals surface area contributed by atoms with Crippen LogP contribution in [0.25, 0.3) is 54.9 Å². The lowest BCUT2D eigenvalue weighted by Gasteiger charge is -2.43. The Morgan fingerprint density at radius 3 is 1.60 bits per heavy atom. The van der Waals surface area contributed by atoms with Crippen LogP contribution in [0.1, 0.15) is 50.4 Å². The smallest absolute Gasteiger partial charge is 0.139 e. The second kappa shape index (κ2) is 14.8. The summed E-state index contributed by atoms with van der Waals surface area (Å²) in [7, 11) is 0. The average Bonchev–Trinajstić information content (AvgIpc) is 4.05. The molecule has 0 amide bonds. The molecule has 0 fully saturated rings. The molecule has 0 aromatic heterocycles. The number of ether oxygens (including phenoxy) is 1. The zero-order valence-electron chi connectivity index (χ0n) is 39.3. The van der Waals surface area contributed by atoms with Crippen LogP contribution < -0.4 is 9.64 Å². The third-order valence-electron chi connectivity index (χ3n) is 17.0. The first kappa shape index (κ1) is 39.8. The number of allylic oxidation sites excluding steroid dienone is 4. The molecule has 0 saturated heterocycles. The van der Waals surface area contributed by atoms with Crippen LogP contribution in [-0.2, 0) is 10.8 Å². The van der Waals surface area contributed by atoms with Gasteiger partial charge in [0.1, 0.15) is 11.5 Å². The summed E-state index contributed by atoms with van der Waals surface area (Å²) in [5, 5.41) is 4.65. The molecule has 5 aliphatic rings. The van der Waals surface area contributed by atoms with Crippen molar-refractivity contribution in [2.45, 2.75) is 16.7 Å². The molecule has 1 aliphatic heterocycles. The number of benzene rings is 11. The fourth-order valence-electron chi connectivity index (χ4n) is 14.2. The quantitative estimate of drug-likeness (QED) is 0.174. The third kappa shape index (κ3) is 5.08. The number of hydrogen-bond acceptors (Lipinski definition) is 2. The molecular weight excluding hydrogens is 871 g/mol. The summed E-state index contributed by atoms with van der Waals surface area (Å²) >= 11 is 0. The Morgan fingerprint density at radius 2 is 0.917 bits per heavy atom. The summed E-state index contributed by atoms with van der Waals surface area (Å²) in [6.07, 6.45) is 9.39. The molecule has 2 atom stereocenters. The summed E-state index contributed by atoms with van der Waals surface area (Å²) in [6, 6.07) is 88.4. The second-order valence-corrected chi connectivity index (χ2v) is 20.2. The zero-order chi connectivity index (χ0) is 47.1. The molecule has 4 aliphatic carbocycles. The number of fused-ring (bicyclic) bond motifs is 23. The summed E-state index contributed by atoms with van der Waals surface area (Å²) in [4.78, 5) is 2.47. The monoisotopic (exact) mass is 915 g/mol. The first-order chi connectivity index (χ1) is 35.7. The van der Waals surface area contributed by atoms with E-state index in [1.165, 1.54) is 88.7 Å². The molecule has 1 heterocycles. The van der Waals surface area contributed by atoms with E-state index in [1.54, 1.807) is 0 Å². The Hall–Kier alpha value is -8.98. The molecule has 336 valence electrons. The minimum Gasteiger partial charge on any atom is -0.455 e. The van der Waals surface area contributed by atoms with Crippen LogP contribution in [0.3, 0.4) is 0 Å². The van der Waals surface area contributed by atoms with E-state index in [-0.39, 0.29) is 11.8 Å². The molecular formula is C70H45NO. The Bertz CT molecular complexity index is 4030. The summed E-state index contributed by atoms with van der Waals surface area (Å²) in [5.74, 6) is 2.29. The van der Waals surface area contributed by atoms with Crippen molar-refractivity contribution in [3.63, 3.8) is 0 Å². The molecule has 2 unspecified atom stereocenters. The maximum atomic E-state index is 7.27. The molecule has 72 heavy (non-hydrogen) atoms. The van der Waals surface area contributed by atoms with E-state index in [2.05, 4.69) is 266 Å². The highest BCUT2D eigenvalue weighted by molar-refractivity contribution is 6.02. The van der Waals surface area contributed by atoms with E-state index in [0.717, 1.165) is 39.3 Å². The molecule has 11 aromatic rings. The van der Waals surface area contributed by atoms with Gasteiger partial charge in [-0.05, 0) is 108 Å². The van der Waals surface area contributed by atoms with Gasteiger partial charge >= 0.3 is 0 Å². The number of anilines is 3. The Balaban J connectivity index is 0.879. The van der Waals surface area contributed by atoms with Crippen molar-refractivity contribution in [1.82, 2.24) is 0 Å². The first-order valence-electron chi connectivity index (χ1n) is 25.3. The minimum atomic E-state index is -0.500. The van der Waals surface area contributed by atoms with E-state index in [1.807, 2.05) is 0 Å². The highest BCUT2D eigenvalue weighted by atomic mass is 16.5. The highest BCUT2D eigenvalue weighted by Gasteiger charge is 2.57. The number of rotatable bonds is 4. The van der Waals surface area contributed by atoms with Crippen LogP contribution in [0.2, 0.25) is 0 Å². The van der Waals surface area contributed by atoms with Gasteiger partial charge in [0.25, 0.3) is 0 Å². The van der Waals surface area contributed by atoms with Gasteiger partial charge in [0, 0.05) is 50.7 Å². The van der Waals surface area contributed by atoms with Gasteiger partial charge in [-0.1, -0.05) is 224 Å². The number of para-hydroxylation sites is 1. The van der Waals surface area contributed by atoms with Gasteiger partial charge < -0.3 is 9.64 Å². The fraction of sp³-hybridized carbons (Fsp3) is 0.0571. The van der Waals surface area contributed by atoms with E-state index < -0.39 is 10.8 Å².